The molecular weight excluding hydrogens is 266 g/mol. The molecule has 6 nitrogen and oxygen atoms in total. The van der Waals surface area contributed by atoms with E-state index in [1.165, 1.54) is 5.56 Å². The van der Waals surface area contributed by atoms with E-state index in [0.717, 1.165) is 36.5 Å². The zero-order chi connectivity index (χ0) is 14.4. The lowest BCUT2D eigenvalue weighted by atomic mass is 10.1. The molecule has 1 aliphatic heterocycles. The van der Waals surface area contributed by atoms with E-state index in [1.54, 1.807) is 0 Å². The number of hydrogen-bond acceptors (Lipinski definition) is 6. The van der Waals surface area contributed by atoms with Crippen LogP contribution in [0.25, 0.3) is 0 Å². The molecule has 0 saturated heterocycles. The highest BCUT2D eigenvalue weighted by Gasteiger charge is 2.27. The average molecular weight is 283 g/mol. The van der Waals surface area contributed by atoms with E-state index >= 15 is 0 Å². The molecule has 4 rings (SSSR count). The fraction of sp³-hybridized carbons (Fsp3) is 0.400. The third kappa shape index (κ3) is 2.49. The fourth-order valence-corrected chi connectivity index (χ4v) is 2.62. The predicted molar refractivity (Wildman–Crippen MR) is 79.7 cm³/mol. The Morgan fingerprint density at radius 2 is 2.10 bits per heavy atom. The van der Waals surface area contributed by atoms with Crippen molar-refractivity contribution in [1.29, 1.82) is 0 Å². The Morgan fingerprint density at radius 3 is 2.90 bits per heavy atom. The number of rotatable bonds is 3. The molecule has 1 unspecified atom stereocenters. The molecule has 1 aromatic heterocycles. The maximum absolute atomic E-state index is 5.76. The second-order valence-corrected chi connectivity index (χ2v) is 5.73. The fourth-order valence-electron chi connectivity index (χ4n) is 2.62. The quantitative estimate of drug-likeness (QED) is 0.899. The second kappa shape index (κ2) is 4.58. The molecule has 2 aromatic rings. The molecule has 0 bridgehead atoms. The lowest BCUT2D eigenvalue weighted by molar-refractivity contribution is 0.254. The van der Waals surface area contributed by atoms with Crippen LogP contribution in [0.3, 0.4) is 0 Å². The van der Waals surface area contributed by atoms with Crippen molar-refractivity contribution in [2.24, 2.45) is 0 Å². The second-order valence-electron chi connectivity index (χ2n) is 5.73. The minimum atomic E-state index is 0.240. The van der Waals surface area contributed by atoms with E-state index in [0.29, 0.717) is 11.9 Å². The summed E-state index contributed by atoms with van der Waals surface area (Å²) >= 11 is 0. The summed E-state index contributed by atoms with van der Waals surface area (Å²) in [6.07, 6.45) is 3.44. The van der Waals surface area contributed by atoms with Gasteiger partial charge in [-0.15, -0.1) is 0 Å². The molecule has 21 heavy (non-hydrogen) atoms. The first-order valence-electron chi connectivity index (χ1n) is 7.25. The van der Waals surface area contributed by atoms with E-state index < -0.39 is 0 Å². The third-order valence-electron chi connectivity index (χ3n) is 3.76. The molecule has 1 aliphatic carbocycles. The molecule has 0 spiro atoms. The zero-order valence-electron chi connectivity index (χ0n) is 11.8. The van der Waals surface area contributed by atoms with E-state index in [1.807, 2.05) is 12.1 Å². The van der Waals surface area contributed by atoms with Gasteiger partial charge in [0.2, 0.25) is 11.9 Å². The molecule has 0 radical (unpaired) electrons. The molecule has 1 atom stereocenters. The summed E-state index contributed by atoms with van der Waals surface area (Å²) in [5.74, 6) is 2.99. The molecule has 1 aromatic carbocycles. The van der Waals surface area contributed by atoms with Gasteiger partial charge in [0.25, 0.3) is 0 Å². The van der Waals surface area contributed by atoms with Crippen molar-refractivity contribution in [2.45, 2.75) is 38.2 Å². The number of nitrogens with one attached hydrogen (secondary N) is 1. The van der Waals surface area contributed by atoms with Crippen molar-refractivity contribution < 1.29 is 4.74 Å². The first-order chi connectivity index (χ1) is 10.2. The Kier molecular flexibility index (Phi) is 2.70. The van der Waals surface area contributed by atoms with Crippen LogP contribution in [0.1, 0.15) is 37.1 Å². The van der Waals surface area contributed by atoms with Crippen LogP contribution in [0.2, 0.25) is 0 Å². The number of hydrogen-bond donors (Lipinski definition) is 2. The topological polar surface area (TPSA) is 86.0 Å². The van der Waals surface area contributed by atoms with Crippen LogP contribution in [0, 0.1) is 0 Å². The van der Waals surface area contributed by atoms with Crippen LogP contribution in [0.5, 0.6) is 5.75 Å². The van der Waals surface area contributed by atoms with E-state index in [2.05, 4.69) is 33.3 Å². The number of nitrogens with zero attached hydrogens (tertiary/aromatic N) is 3. The number of aromatic nitrogens is 3. The van der Waals surface area contributed by atoms with Gasteiger partial charge in [-0.1, -0.05) is 0 Å². The SMILES string of the molecule is CC1Cc2cc(Nc3nc(N)nc(C4CC4)n3)ccc2O1. The molecule has 6 heteroatoms. The lowest BCUT2D eigenvalue weighted by Crippen LogP contribution is -2.06. The van der Waals surface area contributed by atoms with Crippen molar-refractivity contribution in [1.82, 2.24) is 15.0 Å². The molecule has 3 N–H and O–H groups in total. The summed E-state index contributed by atoms with van der Waals surface area (Å²) in [6.45, 7) is 2.07. The van der Waals surface area contributed by atoms with Crippen LogP contribution < -0.4 is 15.8 Å². The summed E-state index contributed by atoms with van der Waals surface area (Å²) in [5.41, 5.74) is 7.91. The van der Waals surface area contributed by atoms with Gasteiger partial charge in [-0.05, 0) is 43.5 Å². The van der Waals surface area contributed by atoms with Crippen molar-refractivity contribution in [3.8, 4) is 5.75 Å². The molecule has 2 aliphatic rings. The molecule has 1 fully saturated rings. The average Bonchev–Trinajstić information content (AvgIpc) is 3.20. The summed E-state index contributed by atoms with van der Waals surface area (Å²) in [6, 6.07) is 6.02. The van der Waals surface area contributed by atoms with Crippen molar-refractivity contribution in [2.75, 3.05) is 11.1 Å². The van der Waals surface area contributed by atoms with Crippen molar-refractivity contribution in [3.05, 3.63) is 29.6 Å². The van der Waals surface area contributed by atoms with E-state index in [4.69, 9.17) is 10.5 Å². The Morgan fingerprint density at radius 1 is 1.24 bits per heavy atom. The van der Waals surface area contributed by atoms with Crippen molar-refractivity contribution in [3.63, 3.8) is 0 Å². The Labute approximate surface area is 122 Å². The minimum Gasteiger partial charge on any atom is -0.490 e. The van der Waals surface area contributed by atoms with Gasteiger partial charge in [0.1, 0.15) is 17.7 Å². The maximum Gasteiger partial charge on any atom is 0.232 e. The lowest BCUT2D eigenvalue weighted by Gasteiger charge is -2.08. The Hall–Kier alpha value is -2.37. The first kappa shape index (κ1) is 12.4. The number of anilines is 3. The van der Waals surface area contributed by atoms with Gasteiger partial charge in [0.05, 0.1) is 0 Å². The van der Waals surface area contributed by atoms with Crippen LogP contribution in [-0.4, -0.2) is 21.1 Å². The summed E-state index contributed by atoms with van der Waals surface area (Å²) in [5, 5.41) is 3.21. The largest absolute Gasteiger partial charge is 0.490 e. The summed E-state index contributed by atoms with van der Waals surface area (Å²) in [7, 11) is 0. The number of fused-ring (bicyclic) bond motifs is 1. The van der Waals surface area contributed by atoms with E-state index in [9.17, 15) is 0 Å². The van der Waals surface area contributed by atoms with E-state index in [-0.39, 0.29) is 12.1 Å². The van der Waals surface area contributed by atoms with Gasteiger partial charge in [-0.3, -0.25) is 0 Å². The highest BCUT2D eigenvalue weighted by molar-refractivity contribution is 5.58. The number of ether oxygens (including phenoxy) is 1. The highest BCUT2D eigenvalue weighted by Crippen LogP contribution is 2.38. The molecule has 1 saturated carbocycles. The van der Waals surface area contributed by atoms with Crippen molar-refractivity contribution >= 4 is 17.6 Å². The summed E-state index contributed by atoms with van der Waals surface area (Å²) < 4.78 is 5.70. The Balaban J connectivity index is 1.60. The standard InChI is InChI=1S/C15H17N5O/c1-8-6-10-7-11(4-5-12(10)21-8)17-15-19-13(9-2-3-9)18-14(16)20-15/h4-5,7-9H,2-3,6H2,1H3,(H3,16,17,18,19,20). The van der Waals surface area contributed by atoms with Crippen LogP contribution in [0.4, 0.5) is 17.6 Å². The van der Waals surface area contributed by atoms with Gasteiger partial charge in [0, 0.05) is 18.0 Å². The zero-order valence-corrected chi connectivity index (χ0v) is 11.8. The highest BCUT2D eigenvalue weighted by atomic mass is 16.5. The van der Waals surface area contributed by atoms with Crippen LogP contribution >= 0.6 is 0 Å². The summed E-state index contributed by atoms with van der Waals surface area (Å²) in [4.78, 5) is 12.8. The molecule has 2 heterocycles. The molecule has 0 amide bonds. The molecular formula is C15H17N5O. The normalized spacial score (nSPS) is 20.0. The van der Waals surface area contributed by atoms with Gasteiger partial charge >= 0.3 is 0 Å². The predicted octanol–water partition coefficient (Wildman–Crippen LogP) is 2.40. The van der Waals surface area contributed by atoms with Gasteiger partial charge in [-0.2, -0.15) is 15.0 Å². The van der Waals surface area contributed by atoms with Gasteiger partial charge < -0.3 is 15.8 Å². The monoisotopic (exact) mass is 283 g/mol. The number of nitrogens with two attached hydrogens (primary N) is 1. The van der Waals surface area contributed by atoms with Gasteiger partial charge in [-0.25, -0.2) is 0 Å². The van der Waals surface area contributed by atoms with Crippen LogP contribution in [0.15, 0.2) is 18.2 Å². The smallest absolute Gasteiger partial charge is 0.232 e. The number of benzene rings is 1. The van der Waals surface area contributed by atoms with Gasteiger partial charge in [0.15, 0.2) is 0 Å². The minimum absolute atomic E-state index is 0.240. The first-order valence-corrected chi connectivity index (χ1v) is 7.25. The molecule has 108 valence electrons. The maximum atomic E-state index is 5.76. The number of nitrogen functional groups attached to an aromatic ring is 1. The van der Waals surface area contributed by atoms with Crippen LogP contribution in [-0.2, 0) is 6.42 Å². The Bertz CT molecular complexity index is 698. The third-order valence-corrected chi connectivity index (χ3v) is 3.76.